The molecule has 3 fully saturated rings. The number of quaternary nitrogens is 1. The first-order valence-corrected chi connectivity index (χ1v) is 9.84. The largest absolute Gasteiger partial charge is 1.00 e. The average molecular weight is 491 g/mol. The van der Waals surface area contributed by atoms with Crippen molar-refractivity contribution in [3.05, 3.63) is 71.8 Å². The van der Waals surface area contributed by atoms with Crippen molar-refractivity contribution < 1.29 is 42.7 Å². The number of piperidine rings is 1. The van der Waals surface area contributed by atoms with Crippen molar-refractivity contribution >= 4 is 5.97 Å². The lowest BCUT2D eigenvalue weighted by Gasteiger charge is -2.47. The number of ether oxygens (including phenoxy) is 2. The number of carbonyl (C=O) groups is 1. The van der Waals surface area contributed by atoms with E-state index in [0.29, 0.717) is 12.1 Å². The number of rotatable bonds is 2. The van der Waals surface area contributed by atoms with Gasteiger partial charge in [0.2, 0.25) is 11.4 Å². The Hall–Kier alpha value is -1.44. The third-order valence-electron chi connectivity index (χ3n) is 7.07. The molecular formula is C23H26INO3. The maximum atomic E-state index is 13.4. The maximum absolute atomic E-state index is 13.4. The summed E-state index contributed by atoms with van der Waals surface area (Å²) >= 11 is 0. The Bertz CT molecular complexity index is 812. The quantitative estimate of drug-likeness (QED) is 0.351. The van der Waals surface area contributed by atoms with Gasteiger partial charge in [-0.2, -0.15) is 0 Å². The van der Waals surface area contributed by atoms with Crippen molar-refractivity contribution in [1.82, 2.24) is 0 Å². The molecule has 5 rings (SSSR count). The van der Waals surface area contributed by atoms with Crippen LogP contribution in [0, 0.1) is 0 Å². The van der Waals surface area contributed by atoms with Gasteiger partial charge in [0.1, 0.15) is 0 Å². The summed E-state index contributed by atoms with van der Waals surface area (Å²) in [6, 6.07) is 20.5. The van der Waals surface area contributed by atoms with Crippen molar-refractivity contribution in [2.24, 2.45) is 0 Å². The van der Waals surface area contributed by atoms with Gasteiger partial charge in [-0.05, 0) is 11.1 Å². The molecule has 0 radical (unpaired) electrons. The van der Waals surface area contributed by atoms with E-state index in [1.54, 1.807) is 0 Å². The highest BCUT2D eigenvalue weighted by atomic mass is 127. The van der Waals surface area contributed by atoms with Crippen LogP contribution in [-0.4, -0.2) is 42.4 Å². The van der Waals surface area contributed by atoms with E-state index in [4.69, 9.17) is 9.47 Å². The van der Waals surface area contributed by atoms with Crippen LogP contribution in [0.1, 0.15) is 36.8 Å². The van der Waals surface area contributed by atoms with Gasteiger partial charge >= 0.3 is 5.97 Å². The van der Waals surface area contributed by atoms with E-state index in [9.17, 15) is 4.79 Å². The van der Waals surface area contributed by atoms with Gasteiger partial charge in [0.15, 0.2) is 0 Å². The van der Waals surface area contributed by atoms with Crippen LogP contribution in [0.25, 0.3) is 0 Å². The summed E-state index contributed by atoms with van der Waals surface area (Å²) in [7, 11) is 4.60. The van der Waals surface area contributed by atoms with Gasteiger partial charge in [0.05, 0.1) is 39.0 Å². The molecule has 3 saturated heterocycles. The fraction of sp³-hybridized carbons (Fsp3) is 0.435. The Kier molecular flexibility index (Phi) is 4.83. The van der Waals surface area contributed by atoms with E-state index in [1.165, 1.54) is 12.8 Å². The monoisotopic (exact) mass is 491 g/mol. The molecule has 4 nitrogen and oxygen atoms in total. The molecule has 3 heterocycles. The van der Waals surface area contributed by atoms with E-state index in [2.05, 4.69) is 14.1 Å². The van der Waals surface area contributed by atoms with Crippen LogP contribution in [0.4, 0.5) is 0 Å². The molecule has 148 valence electrons. The Labute approximate surface area is 183 Å². The number of esters is 1. The minimum Gasteiger partial charge on any atom is -1.00 e. The van der Waals surface area contributed by atoms with Crippen molar-refractivity contribution in [1.29, 1.82) is 0 Å². The SMILES string of the molecule is C[N+]1(C)[C@@H]2CC[C@H]1CC1(C2)OC(=O)C(c2ccccc2)(c2ccccc2)O1.[I-]. The normalized spacial score (nSPS) is 32.0. The van der Waals surface area contributed by atoms with Gasteiger partial charge in [-0.15, -0.1) is 0 Å². The first-order chi connectivity index (χ1) is 13.0. The fourth-order valence-corrected chi connectivity index (χ4v) is 5.44. The van der Waals surface area contributed by atoms with Gasteiger partial charge in [0, 0.05) is 12.8 Å². The summed E-state index contributed by atoms with van der Waals surface area (Å²) in [6.45, 7) is 0. The Morgan fingerprint density at radius 1 is 0.857 bits per heavy atom. The summed E-state index contributed by atoms with van der Waals surface area (Å²) in [5.41, 5.74) is 0.491. The van der Waals surface area contributed by atoms with Crippen LogP contribution in [0.3, 0.4) is 0 Å². The average Bonchev–Trinajstić information content (AvgIpc) is 3.01. The third-order valence-corrected chi connectivity index (χ3v) is 7.07. The van der Waals surface area contributed by atoms with Crippen LogP contribution in [0.15, 0.2) is 60.7 Å². The molecular weight excluding hydrogens is 465 g/mol. The summed E-state index contributed by atoms with van der Waals surface area (Å²) in [5.74, 6) is -1.10. The molecule has 1 spiro atoms. The molecule has 2 aromatic carbocycles. The second kappa shape index (κ2) is 6.82. The molecule has 0 aromatic heterocycles. The number of hydrogen-bond acceptors (Lipinski definition) is 3. The van der Waals surface area contributed by atoms with E-state index < -0.39 is 11.4 Å². The molecule has 1 unspecified atom stereocenters. The van der Waals surface area contributed by atoms with Crippen LogP contribution < -0.4 is 24.0 Å². The fourth-order valence-electron chi connectivity index (χ4n) is 5.44. The zero-order valence-corrected chi connectivity index (χ0v) is 18.5. The number of carbonyl (C=O) groups excluding carboxylic acids is 1. The first-order valence-electron chi connectivity index (χ1n) is 9.84. The second-order valence-electron chi connectivity index (χ2n) is 8.74. The lowest BCUT2D eigenvalue weighted by Crippen LogP contribution is -3.00. The van der Waals surface area contributed by atoms with E-state index in [0.717, 1.165) is 28.5 Å². The third kappa shape index (κ3) is 2.74. The Balaban J connectivity index is 0.00000192. The molecule has 0 N–H and O–H groups in total. The van der Waals surface area contributed by atoms with Gasteiger partial charge in [-0.3, -0.25) is 0 Å². The van der Waals surface area contributed by atoms with Crippen LogP contribution in [-0.2, 0) is 19.9 Å². The van der Waals surface area contributed by atoms with Gasteiger partial charge < -0.3 is 37.9 Å². The van der Waals surface area contributed by atoms with E-state index >= 15 is 0 Å². The standard InChI is InChI=1S/C23H26NO3.HI/c1-24(2)19-13-14-20(24)16-22(15-19)26-21(25)23(27-22,17-9-5-3-6-10-17)18-11-7-4-8-12-18;/h3-12,19-20H,13-16H2,1-2H3;1H/q+1;/p-1/t19-,20+,22?;. The van der Waals surface area contributed by atoms with Gasteiger partial charge in [-0.1, -0.05) is 60.7 Å². The maximum Gasteiger partial charge on any atom is 0.350 e. The summed E-state index contributed by atoms with van der Waals surface area (Å²) < 4.78 is 13.9. The number of benzene rings is 2. The lowest BCUT2D eigenvalue weighted by atomic mass is 9.86. The summed E-state index contributed by atoms with van der Waals surface area (Å²) in [5, 5.41) is 0. The molecule has 3 aliphatic heterocycles. The number of halogens is 1. The van der Waals surface area contributed by atoms with Gasteiger partial charge in [0.25, 0.3) is 0 Å². The minimum absolute atomic E-state index is 0. The Morgan fingerprint density at radius 3 is 1.79 bits per heavy atom. The zero-order chi connectivity index (χ0) is 18.7. The van der Waals surface area contributed by atoms with Gasteiger partial charge in [-0.25, -0.2) is 4.79 Å². The number of nitrogens with zero attached hydrogens (tertiary/aromatic N) is 1. The highest BCUT2D eigenvalue weighted by Crippen LogP contribution is 2.54. The minimum atomic E-state index is -1.18. The van der Waals surface area contributed by atoms with Crippen LogP contribution in [0.5, 0.6) is 0 Å². The predicted octanol–water partition coefficient (Wildman–Crippen LogP) is 0.605. The highest BCUT2D eigenvalue weighted by molar-refractivity contribution is 5.87. The smallest absolute Gasteiger partial charge is 0.350 e. The summed E-state index contributed by atoms with van der Waals surface area (Å²) in [6.07, 6.45) is 3.88. The Morgan fingerprint density at radius 2 is 1.32 bits per heavy atom. The molecule has 2 bridgehead atoms. The van der Waals surface area contributed by atoms with Crippen molar-refractivity contribution in [2.75, 3.05) is 14.1 Å². The molecule has 3 atom stereocenters. The molecule has 0 saturated carbocycles. The molecule has 28 heavy (non-hydrogen) atoms. The molecule has 3 aliphatic rings. The van der Waals surface area contributed by atoms with Crippen LogP contribution in [0.2, 0.25) is 0 Å². The lowest BCUT2D eigenvalue weighted by molar-refractivity contribution is -0.934. The number of fused-ring (bicyclic) bond motifs is 2. The van der Waals surface area contributed by atoms with E-state index in [-0.39, 0.29) is 29.9 Å². The first kappa shape index (κ1) is 19.9. The van der Waals surface area contributed by atoms with Crippen LogP contribution >= 0.6 is 0 Å². The predicted molar refractivity (Wildman–Crippen MR) is 102 cm³/mol. The van der Waals surface area contributed by atoms with Crippen molar-refractivity contribution in [3.63, 3.8) is 0 Å². The zero-order valence-electron chi connectivity index (χ0n) is 16.3. The second-order valence-corrected chi connectivity index (χ2v) is 8.74. The number of hydrogen-bond donors (Lipinski definition) is 0. The van der Waals surface area contributed by atoms with E-state index in [1.807, 2.05) is 60.7 Å². The van der Waals surface area contributed by atoms with Crippen molar-refractivity contribution in [3.8, 4) is 0 Å². The molecule has 0 aliphatic carbocycles. The summed E-state index contributed by atoms with van der Waals surface area (Å²) in [4.78, 5) is 13.4. The topological polar surface area (TPSA) is 35.5 Å². The molecule has 0 amide bonds. The molecule has 5 heteroatoms. The van der Waals surface area contributed by atoms with Crippen molar-refractivity contribution in [2.45, 2.75) is 49.2 Å². The highest BCUT2D eigenvalue weighted by Gasteiger charge is 2.66. The molecule has 2 aromatic rings.